The Hall–Kier alpha value is -2.03. The van der Waals surface area contributed by atoms with E-state index in [1.165, 1.54) is 16.7 Å². The lowest BCUT2D eigenvalue weighted by atomic mass is 10.1. The van der Waals surface area contributed by atoms with Gasteiger partial charge >= 0.3 is 0 Å². The lowest BCUT2D eigenvalue weighted by Crippen LogP contribution is -2.27. The Balaban J connectivity index is 1.97. The summed E-state index contributed by atoms with van der Waals surface area (Å²) in [5.74, 6) is 1.37. The molecule has 0 radical (unpaired) electrons. The number of ether oxygens (including phenoxy) is 3. The van der Waals surface area contributed by atoms with E-state index in [1.807, 2.05) is 24.3 Å². The molecule has 0 aromatic heterocycles. The van der Waals surface area contributed by atoms with Crippen LogP contribution in [-0.2, 0) is 4.79 Å². The van der Waals surface area contributed by atoms with Crippen LogP contribution in [0, 0.1) is 0 Å². The van der Waals surface area contributed by atoms with Crippen molar-refractivity contribution in [2.75, 3.05) is 26.2 Å². The van der Waals surface area contributed by atoms with Crippen LogP contribution in [0.5, 0.6) is 17.2 Å². The van der Waals surface area contributed by atoms with E-state index in [1.54, 1.807) is 39.5 Å². The maximum absolute atomic E-state index is 12.9. The molecule has 0 bridgehead atoms. The molecule has 5 nitrogen and oxygen atoms in total. The van der Waals surface area contributed by atoms with Gasteiger partial charge in [0.25, 0.3) is 5.91 Å². The molecule has 1 heterocycles. The van der Waals surface area contributed by atoms with Crippen molar-refractivity contribution in [2.24, 2.45) is 0 Å². The van der Waals surface area contributed by atoms with Crippen LogP contribution < -0.4 is 19.1 Å². The summed E-state index contributed by atoms with van der Waals surface area (Å²) in [6, 6.07) is 11.0. The van der Waals surface area contributed by atoms with Crippen molar-refractivity contribution < 1.29 is 19.0 Å². The molecule has 1 fully saturated rings. The number of carbonyl (C=O) groups is 1. The first kappa shape index (κ1) is 19.7. The molecular weight excluding hydrogens is 450 g/mol. The maximum atomic E-state index is 12.9. The quantitative estimate of drug-likeness (QED) is 0.463. The number of hydrogen-bond acceptors (Lipinski definition) is 6. The Morgan fingerprint density at radius 1 is 1.04 bits per heavy atom. The fourth-order valence-corrected chi connectivity index (χ4v) is 4.18. The molecule has 1 amide bonds. The van der Waals surface area contributed by atoms with Crippen LogP contribution in [0.15, 0.2) is 45.8 Å². The standard InChI is InChI=1S/C19H16BrNO4S2/c1-23-14-8-11(9-15(24-2)17(14)25-3)10-16-18(22)21(19(26)27-16)13-6-4-12(20)5-7-13/h4-10H,1-3H3. The molecule has 8 heteroatoms. The minimum absolute atomic E-state index is 0.166. The van der Waals surface area contributed by atoms with E-state index >= 15 is 0 Å². The Morgan fingerprint density at radius 2 is 1.63 bits per heavy atom. The van der Waals surface area contributed by atoms with Gasteiger partial charge in [-0.15, -0.1) is 0 Å². The molecule has 0 spiro atoms. The molecule has 2 aromatic carbocycles. The average molecular weight is 466 g/mol. The summed E-state index contributed by atoms with van der Waals surface area (Å²) in [4.78, 5) is 14.9. The van der Waals surface area contributed by atoms with Crippen LogP contribution in [0.2, 0.25) is 0 Å². The topological polar surface area (TPSA) is 48.0 Å². The van der Waals surface area contributed by atoms with Crippen LogP contribution in [0.3, 0.4) is 0 Å². The molecule has 1 saturated heterocycles. The van der Waals surface area contributed by atoms with Gasteiger partial charge in [-0.05, 0) is 48.0 Å². The maximum Gasteiger partial charge on any atom is 0.270 e. The van der Waals surface area contributed by atoms with Crippen LogP contribution in [0.1, 0.15) is 5.56 Å². The minimum Gasteiger partial charge on any atom is -0.493 e. The van der Waals surface area contributed by atoms with E-state index in [0.717, 1.165) is 15.7 Å². The number of carbonyl (C=O) groups excluding carboxylic acids is 1. The molecule has 0 atom stereocenters. The highest BCUT2D eigenvalue weighted by Crippen LogP contribution is 2.41. The number of rotatable bonds is 5. The zero-order chi connectivity index (χ0) is 19.6. The van der Waals surface area contributed by atoms with Gasteiger partial charge in [-0.3, -0.25) is 9.69 Å². The first-order valence-corrected chi connectivity index (χ1v) is 9.83. The van der Waals surface area contributed by atoms with E-state index in [2.05, 4.69) is 15.9 Å². The van der Waals surface area contributed by atoms with Crippen molar-refractivity contribution in [3.63, 3.8) is 0 Å². The Labute approximate surface area is 175 Å². The molecule has 27 heavy (non-hydrogen) atoms. The number of hydrogen-bond donors (Lipinski definition) is 0. The third-order valence-electron chi connectivity index (χ3n) is 3.86. The molecule has 0 unspecified atom stereocenters. The van der Waals surface area contributed by atoms with E-state index in [9.17, 15) is 4.79 Å². The number of thiocarbonyl (C=S) groups is 1. The highest BCUT2D eigenvalue weighted by atomic mass is 79.9. The van der Waals surface area contributed by atoms with Crippen molar-refractivity contribution >= 4 is 61.9 Å². The smallest absolute Gasteiger partial charge is 0.270 e. The summed E-state index contributed by atoms with van der Waals surface area (Å²) in [6.07, 6.45) is 1.77. The van der Waals surface area contributed by atoms with Crippen LogP contribution in [0.25, 0.3) is 6.08 Å². The van der Waals surface area contributed by atoms with Crippen molar-refractivity contribution in [2.45, 2.75) is 0 Å². The monoisotopic (exact) mass is 465 g/mol. The highest BCUT2D eigenvalue weighted by molar-refractivity contribution is 9.10. The predicted octanol–water partition coefficient (Wildman–Crippen LogP) is 4.88. The largest absolute Gasteiger partial charge is 0.493 e. The zero-order valence-corrected chi connectivity index (χ0v) is 18.0. The SMILES string of the molecule is COc1cc(C=C2SC(=S)N(c3ccc(Br)cc3)C2=O)cc(OC)c1OC. The molecular formula is C19H16BrNO4S2. The second-order valence-electron chi connectivity index (χ2n) is 5.45. The summed E-state index contributed by atoms with van der Waals surface area (Å²) in [6.45, 7) is 0. The first-order valence-electron chi connectivity index (χ1n) is 7.82. The molecule has 0 saturated carbocycles. The van der Waals surface area contributed by atoms with Crippen molar-refractivity contribution in [3.8, 4) is 17.2 Å². The van der Waals surface area contributed by atoms with Crippen molar-refractivity contribution in [3.05, 3.63) is 51.3 Å². The van der Waals surface area contributed by atoms with E-state index < -0.39 is 0 Å². The lowest BCUT2D eigenvalue weighted by Gasteiger charge is -2.14. The molecule has 3 rings (SSSR count). The number of amides is 1. The van der Waals surface area contributed by atoms with Gasteiger partial charge in [-0.25, -0.2) is 0 Å². The second kappa shape index (κ2) is 8.33. The Kier molecular flexibility index (Phi) is 6.08. The summed E-state index contributed by atoms with van der Waals surface area (Å²) in [5, 5.41) is 0. The van der Waals surface area contributed by atoms with Gasteiger partial charge in [0.2, 0.25) is 5.75 Å². The van der Waals surface area contributed by atoms with Crippen molar-refractivity contribution in [1.29, 1.82) is 0 Å². The molecule has 0 N–H and O–H groups in total. The molecule has 2 aromatic rings. The van der Waals surface area contributed by atoms with Crippen LogP contribution in [0.4, 0.5) is 5.69 Å². The van der Waals surface area contributed by atoms with Crippen LogP contribution >= 0.6 is 39.9 Å². The van der Waals surface area contributed by atoms with Gasteiger partial charge < -0.3 is 14.2 Å². The molecule has 1 aliphatic rings. The summed E-state index contributed by atoms with van der Waals surface area (Å²) in [5.41, 5.74) is 1.48. The number of thioether (sulfide) groups is 1. The van der Waals surface area contributed by atoms with E-state index in [-0.39, 0.29) is 5.91 Å². The number of anilines is 1. The number of methoxy groups -OCH3 is 3. The number of nitrogens with zero attached hydrogens (tertiary/aromatic N) is 1. The Bertz CT molecular complexity index is 903. The van der Waals surface area contributed by atoms with Crippen molar-refractivity contribution in [1.82, 2.24) is 0 Å². The summed E-state index contributed by atoms with van der Waals surface area (Å²) < 4.78 is 17.5. The predicted molar refractivity (Wildman–Crippen MR) is 116 cm³/mol. The first-order chi connectivity index (χ1) is 13.0. The lowest BCUT2D eigenvalue weighted by molar-refractivity contribution is -0.113. The molecule has 140 valence electrons. The van der Waals surface area contributed by atoms with E-state index in [4.69, 9.17) is 26.4 Å². The van der Waals surface area contributed by atoms with Gasteiger partial charge in [0.1, 0.15) is 0 Å². The van der Waals surface area contributed by atoms with Crippen LogP contribution in [-0.4, -0.2) is 31.6 Å². The minimum atomic E-state index is -0.166. The molecule has 1 aliphatic heterocycles. The average Bonchev–Trinajstić information content (AvgIpc) is 2.95. The third kappa shape index (κ3) is 3.97. The third-order valence-corrected chi connectivity index (χ3v) is 5.69. The normalized spacial score (nSPS) is 15.4. The Morgan fingerprint density at radius 3 is 2.15 bits per heavy atom. The second-order valence-corrected chi connectivity index (χ2v) is 8.04. The van der Waals surface area contributed by atoms with Gasteiger partial charge in [-0.2, -0.15) is 0 Å². The number of halogens is 1. The highest BCUT2D eigenvalue weighted by Gasteiger charge is 2.33. The van der Waals surface area contributed by atoms with Gasteiger partial charge in [0.15, 0.2) is 15.8 Å². The van der Waals surface area contributed by atoms with Gasteiger partial charge in [0.05, 0.1) is 31.9 Å². The zero-order valence-electron chi connectivity index (χ0n) is 14.8. The fraction of sp³-hybridized carbons (Fsp3) is 0.158. The fourth-order valence-electron chi connectivity index (χ4n) is 2.62. The summed E-state index contributed by atoms with van der Waals surface area (Å²) in [7, 11) is 4.64. The molecule has 0 aliphatic carbocycles. The van der Waals surface area contributed by atoms with E-state index in [0.29, 0.717) is 26.5 Å². The van der Waals surface area contributed by atoms with Gasteiger partial charge in [-0.1, -0.05) is 39.9 Å². The number of benzene rings is 2. The van der Waals surface area contributed by atoms with Gasteiger partial charge in [0, 0.05) is 4.47 Å². The summed E-state index contributed by atoms with van der Waals surface area (Å²) >= 11 is 10.1.